The second-order valence-electron chi connectivity index (χ2n) is 6.55. The van der Waals surface area contributed by atoms with E-state index >= 15 is 0 Å². The number of nitrogens with one attached hydrogen (secondary N) is 1. The second kappa shape index (κ2) is 9.45. The van der Waals surface area contributed by atoms with Crippen LogP contribution in [0, 0.1) is 6.92 Å². The van der Waals surface area contributed by atoms with Crippen LogP contribution in [0.3, 0.4) is 0 Å². The Balaban J connectivity index is 1.61. The molecule has 0 saturated heterocycles. The Morgan fingerprint density at radius 2 is 1.48 bits per heavy atom. The summed E-state index contributed by atoms with van der Waals surface area (Å²) < 4.78 is 11.1. The molecule has 0 radical (unpaired) electrons. The van der Waals surface area contributed by atoms with Crippen LogP contribution >= 0.6 is 0 Å². The van der Waals surface area contributed by atoms with Crippen LogP contribution in [-0.2, 0) is 4.79 Å². The molecular weight excluding hydrogens is 402 g/mol. The second-order valence-corrected chi connectivity index (χ2v) is 6.55. The van der Waals surface area contributed by atoms with Crippen molar-refractivity contribution in [3.05, 3.63) is 83.4 Å². The fraction of sp³-hybridized carbons (Fsp3) is 0.0870. The van der Waals surface area contributed by atoms with E-state index in [1.807, 2.05) is 25.1 Å². The van der Waals surface area contributed by atoms with Crippen molar-refractivity contribution in [2.45, 2.75) is 6.92 Å². The summed E-state index contributed by atoms with van der Waals surface area (Å²) in [6.45, 7) is 1.75. The van der Waals surface area contributed by atoms with Crippen LogP contribution in [0.4, 0.5) is 5.69 Å². The molecule has 158 valence electrons. The summed E-state index contributed by atoms with van der Waals surface area (Å²) in [5.41, 5.74) is 0.755. The van der Waals surface area contributed by atoms with Crippen molar-refractivity contribution in [1.82, 2.24) is 0 Å². The van der Waals surface area contributed by atoms with Gasteiger partial charge in [0.2, 0.25) is 0 Å². The maximum absolute atomic E-state index is 12.1. The van der Waals surface area contributed by atoms with Gasteiger partial charge in [0.25, 0.3) is 5.91 Å². The topological polar surface area (TPSA) is 122 Å². The van der Waals surface area contributed by atoms with Crippen molar-refractivity contribution in [1.29, 1.82) is 0 Å². The van der Waals surface area contributed by atoms with E-state index in [1.165, 1.54) is 12.1 Å². The van der Waals surface area contributed by atoms with Crippen LogP contribution in [-0.4, -0.2) is 34.7 Å². The molecule has 0 bridgehead atoms. The molecule has 0 aliphatic heterocycles. The molecule has 0 atom stereocenters. The van der Waals surface area contributed by atoms with Gasteiger partial charge in [0.1, 0.15) is 17.2 Å². The number of carbonyl (C=O) groups is 3. The highest BCUT2D eigenvalue weighted by atomic mass is 16.5. The highest BCUT2D eigenvalue weighted by molar-refractivity contribution is 6.02. The Labute approximate surface area is 177 Å². The van der Waals surface area contributed by atoms with Gasteiger partial charge in [-0.25, -0.2) is 9.59 Å². The van der Waals surface area contributed by atoms with Crippen LogP contribution in [0.25, 0.3) is 0 Å². The molecule has 3 N–H and O–H groups in total. The first-order chi connectivity index (χ1) is 14.8. The molecule has 0 saturated carbocycles. The average Bonchev–Trinajstić information content (AvgIpc) is 2.74. The summed E-state index contributed by atoms with van der Waals surface area (Å²) in [6.07, 6.45) is 0. The van der Waals surface area contributed by atoms with Gasteiger partial charge in [-0.1, -0.05) is 18.2 Å². The Hall–Kier alpha value is -4.33. The molecule has 0 spiro atoms. The van der Waals surface area contributed by atoms with Gasteiger partial charge in [-0.3, -0.25) is 4.79 Å². The van der Waals surface area contributed by atoms with Crippen LogP contribution in [0.15, 0.2) is 66.7 Å². The number of hydrogen-bond acceptors (Lipinski definition) is 5. The van der Waals surface area contributed by atoms with E-state index < -0.39 is 11.9 Å². The maximum Gasteiger partial charge on any atom is 0.336 e. The van der Waals surface area contributed by atoms with Gasteiger partial charge in [0, 0.05) is 5.69 Å². The molecule has 8 nitrogen and oxygen atoms in total. The molecule has 0 heterocycles. The molecule has 0 aliphatic rings. The first-order valence-electron chi connectivity index (χ1n) is 9.20. The summed E-state index contributed by atoms with van der Waals surface area (Å²) in [7, 11) is 0. The number of amides is 1. The van der Waals surface area contributed by atoms with Crippen LogP contribution in [0.5, 0.6) is 17.2 Å². The Morgan fingerprint density at radius 1 is 0.839 bits per heavy atom. The molecule has 3 aromatic carbocycles. The van der Waals surface area contributed by atoms with Crippen molar-refractivity contribution >= 4 is 23.5 Å². The van der Waals surface area contributed by atoms with E-state index in [9.17, 15) is 19.5 Å². The Kier molecular flexibility index (Phi) is 6.51. The Morgan fingerprint density at radius 3 is 2.13 bits per heavy atom. The molecule has 0 fully saturated rings. The number of rotatable bonds is 8. The first-order valence-corrected chi connectivity index (χ1v) is 9.20. The van der Waals surface area contributed by atoms with E-state index in [2.05, 4.69) is 5.32 Å². The fourth-order valence-corrected chi connectivity index (χ4v) is 2.75. The third-order valence-corrected chi connectivity index (χ3v) is 4.28. The summed E-state index contributed by atoms with van der Waals surface area (Å²) in [5.74, 6) is -1.84. The molecule has 31 heavy (non-hydrogen) atoms. The van der Waals surface area contributed by atoms with E-state index in [0.29, 0.717) is 17.2 Å². The van der Waals surface area contributed by atoms with E-state index in [1.54, 1.807) is 30.3 Å². The quantitative estimate of drug-likeness (QED) is 0.498. The lowest BCUT2D eigenvalue weighted by molar-refractivity contribution is -0.118. The van der Waals surface area contributed by atoms with Crippen LogP contribution in [0.1, 0.15) is 26.3 Å². The van der Waals surface area contributed by atoms with Crippen molar-refractivity contribution in [3.8, 4) is 17.2 Å². The summed E-state index contributed by atoms with van der Waals surface area (Å²) in [6, 6.07) is 17.5. The van der Waals surface area contributed by atoms with Crippen molar-refractivity contribution in [3.63, 3.8) is 0 Å². The third kappa shape index (κ3) is 5.60. The highest BCUT2D eigenvalue weighted by Gasteiger charge is 2.17. The number of hydrogen-bond donors (Lipinski definition) is 3. The van der Waals surface area contributed by atoms with Gasteiger partial charge in [-0.2, -0.15) is 0 Å². The number of aryl methyl sites for hydroxylation is 1. The van der Waals surface area contributed by atoms with E-state index in [-0.39, 0.29) is 29.4 Å². The summed E-state index contributed by atoms with van der Waals surface area (Å²) in [4.78, 5) is 34.5. The van der Waals surface area contributed by atoms with Crippen LogP contribution in [0.2, 0.25) is 0 Å². The molecule has 0 unspecified atom stereocenters. The largest absolute Gasteiger partial charge is 0.483 e. The summed E-state index contributed by atoms with van der Waals surface area (Å²) in [5, 5.41) is 21.0. The van der Waals surface area contributed by atoms with Gasteiger partial charge >= 0.3 is 11.9 Å². The predicted octanol–water partition coefficient (Wildman–Crippen LogP) is 4.20. The van der Waals surface area contributed by atoms with Gasteiger partial charge in [0.15, 0.2) is 6.61 Å². The molecule has 0 aliphatic carbocycles. The third-order valence-electron chi connectivity index (χ3n) is 4.28. The lowest BCUT2D eigenvalue weighted by Gasteiger charge is -2.11. The SMILES string of the molecule is Cc1ccccc1OCC(=O)Nc1ccc(Oc2ccc(C(=O)O)c(C(=O)O)c2)cc1. The zero-order valence-electron chi connectivity index (χ0n) is 16.5. The number of benzene rings is 3. The number of carbonyl (C=O) groups excluding carboxylic acids is 1. The minimum atomic E-state index is -1.37. The number of anilines is 1. The van der Waals surface area contributed by atoms with Crippen molar-refractivity contribution < 1.29 is 34.1 Å². The minimum Gasteiger partial charge on any atom is -0.483 e. The maximum atomic E-state index is 12.1. The summed E-state index contributed by atoms with van der Waals surface area (Å²) >= 11 is 0. The zero-order chi connectivity index (χ0) is 22.4. The van der Waals surface area contributed by atoms with Gasteiger partial charge in [-0.05, 0) is 61.0 Å². The number of carboxylic acids is 2. The zero-order valence-corrected chi connectivity index (χ0v) is 16.5. The van der Waals surface area contributed by atoms with Crippen molar-refractivity contribution in [2.75, 3.05) is 11.9 Å². The molecule has 0 aromatic heterocycles. The molecule has 3 rings (SSSR count). The predicted molar refractivity (Wildman–Crippen MR) is 112 cm³/mol. The molecular formula is C23H19NO7. The molecule has 8 heteroatoms. The highest BCUT2D eigenvalue weighted by Crippen LogP contribution is 2.26. The van der Waals surface area contributed by atoms with Gasteiger partial charge in [-0.15, -0.1) is 0 Å². The average molecular weight is 421 g/mol. The minimum absolute atomic E-state index is 0.142. The fourth-order valence-electron chi connectivity index (χ4n) is 2.75. The molecule has 1 amide bonds. The van der Waals surface area contributed by atoms with E-state index in [4.69, 9.17) is 14.6 Å². The van der Waals surface area contributed by atoms with Gasteiger partial charge in [0.05, 0.1) is 11.1 Å². The van der Waals surface area contributed by atoms with E-state index in [0.717, 1.165) is 11.6 Å². The first kappa shape index (κ1) is 21.4. The lowest BCUT2D eigenvalue weighted by atomic mass is 10.1. The number of ether oxygens (including phenoxy) is 2. The number of para-hydroxylation sites is 1. The number of aromatic carboxylic acids is 2. The smallest absolute Gasteiger partial charge is 0.336 e. The molecule has 3 aromatic rings. The standard InChI is InChI=1S/C23H19NO7/c1-14-4-2-3-5-20(14)30-13-21(25)24-15-6-8-16(9-7-15)31-17-10-11-18(22(26)27)19(12-17)23(28)29/h2-12H,13H2,1H3,(H,24,25)(H,26,27)(H,28,29). The normalized spacial score (nSPS) is 10.2. The Bertz CT molecular complexity index is 1120. The number of carboxylic acid groups (broad SMARTS) is 2. The van der Waals surface area contributed by atoms with Crippen LogP contribution < -0.4 is 14.8 Å². The van der Waals surface area contributed by atoms with Gasteiger partial charge < -0.3 is 25.0 Å². The lowest BCUT2D eigenvalue weighted by Crippen LogP contribution is -2.20. The van der Waals surface area contributed by atoms with Crippen molar-refractivity contribution in [2.24, 2.45) is 0 Å². The monoisotopic (exact) mass is 421 g/mol.